The first-order valence-electron chi connectivity index (χ1n) is 7.36. The third kappa shape index (κ3) is 2.25. The fourth-order valence-electron chi connectivity index (χ4n) is 3.97. The van der Waals surface area contributed by atoms with Crippen molar-refractivity contribution in [1.29, 1.82) is 0 Å². The Labute approximate surface area is 126 Å². The monoisotopic (exact) mass is 306 g/mol. The van der Waals surface area contributed by atoms with Gasteiger partial charge in [-0.25, -0.2) is 0 Å². The van der Waals surface area contributed by atoms with E-state index in [2.05, 4.69) is 67.5 Å². The van der Waals surface area contributed by atoms with Crippen molar-refractivity contribution in [3.05, 3.63) is 45.6 Å². The molecule has 2 aliphatic rings. The van der Waals surface area contributed by atoms with Crippen LogP contribution in [0.5, 0.6) is 0 Å². The van der Waals surface area contributed by atoms with Crippen LogP contribution < -0.4 is 0 Å². The Morgan fingerprint density at radius 2 is 1.00 bits per heavy atom. The summed E-state index contributed by atoms with van der Waals surface area (Å²) in [4.78, 5) is 0. The van der Waals surface area contributed by atoms with Crippen molar-refractivity contribution in [1.82, 2.24) is 0 Å². The number of hydrogen-bond donors (Lipinski definition) is 0. The summed E-state index contributed by atoms with van der Waals surface area (Å²) < 4.78 is 0.803. The minimum absolute atomic E-state index is 0.401. The van der Waals surface area contributed by atoms with Crippen molar-refractivity contribution < 1.29 is 17.1 Å². The SMILES string of the molecule is CC1=C[C](C)([Zn][C]2(C)C=C(C)C(C)=C2C)C(C)=C1C. The second-order valence-corrected chi connectivity index (χ2v) is 14.1. The van der Waals surface area contributed by atoms with Gasteiger partial charge in [0.15, 0.2) is 0 Å². The Bertz CT molecular complexity index is 506. The molecule has 0 nitrogen and oxygen atoms in total. The maximum atomic E-state index is 2.56. The Balaban J connectivity index is 2.40. The maximum absolute atomic E-state index is 2.56. The molecule has 0 spiro atoms. The van der Waals surface area contributed by atoms with Gasteiger partial charge in [-0.2, -0.15) is 0 Å². The zero-order valence-electron chi connectivity index (χ0n) is 13.9. The summed E-state index contributed by atoms with van der Waals surface area (Å²) in [6, 6.07) is 0. The van der Waals surface area contributed by atoms with Crippen molar-refractivity contribution >= 4 is 0 Å². The molecule has 0 aromatic carbocycles. The fraction of sp³-hybridized carbons (Fsp3) is 0.556. The quantitative estimate of drug-likeness (QED) is 0.547. The van der Waals surface area contributed by atoms with Crippen LogP contribution in [0.25, 0.3) is 0 Å². The second kappa shape index (κ2) is 4.55. The van der Waals surface area contributed by atoms with Crippen molar-refractivity contribution in [2.24, 2.45) is 0 Å². The Morgan fingerprint density at radius 3 is 1.21 bits per heavy atom. The molecule has 0 N–H and O–H groups in total. The third-order valence-electron chi connectivity index (χ3n) is 5.83. The fourth-order valence-corrected chi connectivity index (χ4v) is 11.1. The summed E-state index contributed by atoms with van der Waals surface area (Å²) in [7, 11) is 0. The van der Waals surface area contributed by atoms with Gasteiger partial charge < -0.3 is 0 Å². The molecular weight excluding hydrogens is 282 g/mol. The van der Waals surface area contributed by atoms with Crippen LogP contribution in [-0.4, -0.2) is 0 Å². The zero-order valence-corrected chi connectivity index (χ0v) is 16.8. The van der Waals surface area contributed by atoms with Gasteiger partial charge in [0, 0.05) is 0 Å². The van der Waals surface area contributed by atoms with Crippen molar-refractivity contribution in [2.75, 3.05) is 0 Å². The normalized spacial score (nSPS) is 34.7. The predicted molar refractivity (Wildman–Crippen MR) is 81.0 cm³/mol. The van der Waals surface area contributed by atoms with Crippen LogP contribution >= 0.6 is 0 Å². The molecule has 2 rings (SSSR count). The van der Waals surface area contributed by atoms with Gasteiger partial charge in [-0.1, -0.05) is 0 Å². The molecule has 0 amide bonds. The molecule has 0 heterocycles. The summed E-state index contributed by atoms with van der Waals surface area (Å²) in [5.41, 5.74) is 9.35. The second-order valence-electron chi connectivity index (χ2n) is 7.17. The first kappa shape index (κ1) is 15.0. The molecule has 0 fully saturated rings. The number of rotatable bonds is 2. The van der Waals surface area contributed by atoms with Gasteiger partial charge in [-0.05, 0) is 0 Å². The molecule has 0 bridgehead atoms. The molecule has 1 heteroatoms. The van der Waals surface area contributed by atoms with E-state index >= 15 is 0 Å². The van der Waals surface area contributed by atoms with E-state index in [0.717, 1.165) is 0 Å². The Morgan fingerprint density at radius 1 is 0.684 bits per heavy atom. The van der Waals surface area contributed by atoms with Crippen LogP contribution in [0, 0.1) is 0 Å². The van der Waals surface area contributed by atoms with Crippen LogP contribution in [0.1, 0.15) is 55.4 Å². The van der Waals surface area contributed by atoms with Crippen LogP contribution in [-0.2, 0) is 17.1 Å². The van der Waals surface area contributed by atoms with Crippen LogP contribution in [0.2, 0.25) is 8.02 Å². The van der Waals surface area contributed by atoms with E-state index in [1.165, 1.54) is 22.3 Å². The first-order chi connectivity index (χ1) is 8.61. The first-order valence-corrected chi connectivity index (χ1v) is 10.3. The van der Waals surface area contributed by atoms with Crippen molar-refractivity contribution in [3.63, 3.8) is 0 Å². The molecule has 0 aliphatic heterocycles. The molecule has 0 saturated heterocycles. The van der Waals surface area contributed by atoms with Gasteiger partial charge in [0.2, 0.25) is 0 Å². The third-order valence-corrected chi connectivity index (χ3v) is 12.0. The minimum atomic E-state index is -0.845. The number of allylic oxidation sites excluding steroid dienone is 8. The molecular formula is C18H26Zn. The van der Waals surface area contributed by atoms with Crippen molar-refractivity contribution in [3.8, 4) is 0 Å². The van der Waals surface area contributed by atoms with E-state index in [9.17, 15) is 0 Å². The van der Waals surface area contributed by atoms with Gasteiger partial charge in [0.05, 0.1) is 0 Å². The summed E-state index contributed by atoms with van der Waals surface area (Å²) in [6.07, 6.45) is 5.13. The van der Waals surface area contributed by atoms with Crippen LogP contribution in [0.3, 0.4) is 0 Å². The average molecular weight is 308 g/mol. The topological polar surface area (TPSA) is 0 Å². The number of hydrogen-bond acceptors (Lipinski definition) is 0. The zero-order chi connectivity index (χ0) is 14.6. The molecule has 19 heavy (non-hydrogen) atoms. The standard InChI is InChI=1S/2C9H13.Zn/c2*1-6-5-7(2)9(4)8(6)3;/h2*5H,1-4H3;. The molecule has 100 valence electrons. The van der Waals surface area contributed by atoms with Gasteiger partial charge in [-0.3, -0.25) is 0 Å². The van der Waals surface area contributed by atoms with Gasteiger partial charge in [0.1, 0.15) is 0 Å². The van der Waals surface area contributed by atoms with E-state index in [1.807, 2.05) is 0 Å². The van der Waals surface area contributed by atoms with Gasteiger partial charge >= 0.3 is 126 Å². The molecule has 2 aliphatic carbocycles. The Hall–Kier alpha value is -0.417. The molecule has 0 saturated carbocycles. The van der Waals surface area contributed by atoms with Gasteiger partial charge in [-0.15, -0.1) is 0 Å². The summed E-state index contributed by atoms with van der Waals surface area (Å²) in [5.74, 6) is 0. The van der Waals surface area contributed by atoms with E-state index in [-0.39, 0.29) is 0 Å². The van der Waals surface area contributed by atoms with Crippen LogP contribution in [0.15, 0.2) is 45.6 Å². The predicted octanol–water partition coefficient (Wildman–Crippen LogP) is 6.02. The average Bonchev–Trinajstić information content (AvgIpc) is 2.61. The molecule has 0 radical (unpaired) electrons. The Kier molecular flexibility index (Phi) is 3.59. The van der Waals surface area contributed by atoms with E-state index in [4.69, 9.17) is 0 Å². The van der Waals surface area contributed by atoms with E-state index in [0.29, 0.717) is 8.02 Å². The summed E-state index contributed by atoms with van der Waals surface area (Å²) in [6.45, 7) is 18.8. The molecule has 2 unspecified atom stereocenters. The summed E-state index contributed by atoms with van der Waals surface area (Å²) >= 11 is -0.845. The summed E-state index contributed by atoms with van der Waals surface area (Å²) in [5, 5.41) is 0. The van der Waals surface area contributed by atoms with E-state index in [1.54, 1.807) is 11.1 Å². The molecule has 0 aromatic rings. The van der Waals surface area contributed by atoms with Crippen molar-refractivity contribution in [2.45, 2.75) is 63.4 Å². The van der Waals surface area contributed by atoms with Gasteiger partial charge in [0.25, 0.3) is 0 Å². The van der Waals surface area contributed by atoms with E-state index < -0.39 is 17.1 Å². The van der Waals surface area contributed by atoms with Crippen LogP contribution in [0.4, 0.5) is 0 Å². The molecule has 0 aromatic heterocycles. The molecule has 2 atom stereocenters.